The summed E-state index contributed by atoms with van der Waals surface area (Å²) >= 11 is 0. The molecular formula is C24H29O2P. The number of hydrogen-bond donors (Lipinski definition) is 0. The van der Waals surface area contributed by atoms with Crippen LogP contribution in [0.25, 0.3) is 0 Å². The van der Waals surface area contributed by atoms with E-state index in [9.17, 15) is 0 Å². The van der Waals surface area contributed by atoms with E-state index in [-0.39, 0.29) is 12.2 Å². The van der Waals surface area contributed by atoms with Crippen molar-refractivity contribution in [3.8, 4) is 0 Å². The summed E-state index contributed by atoms with van der Waals surface area (Å²) in [6.07, 6.45) is -0.0240. The molecule has 0 unspecified atom stereocenters. The summed E-state index contributed by atoms with van der Waals surface area (Å²) in [7, 11) is -3.62. The third-order valence-corrected chi connectivity index (χ3v) is 9.86. The van der Waals surface area contributed by atoms with Gasteiger partial charge in [0.05, 0.1) is 0 Å². The van der Waals surface area contributed by atoms with E-state index >= 15 is 0 Å². The van der Waals surface area contributed by atoms with E-state index in [2.05, 4.69) is 100 Å². The fourth-order valence-electron chi connectivity index (χ4n) is 3.74. The molecule has 142 valence electrons. The normalized spacial score (nSPS) is 13.5. The van der Waals surface area contributed by atoms with E-state index in [0.29, 0.717) is 0 Å². The van der Waals surface area contributed by atoms with Crippen LogP contribution < -0.4 is 15.9 Å². The average molecular weight is 380 g/mol. The van der Waals surface area contributed by atoms with Gasteiger partial charge in [-0.05, 0) is 0 Å². The number of hydrogen-bond acceptors (Lipinski definition) is 2. The van der Waals surface area contributed by atoms with Crippen molar-refractivity contribution < 1.29 is 9.05 Å². The Balaban J connectivity index is 2.52. The number of benzene rings is 3. The molecule has 0 N–H and O–H groups in total. The molecule has 0 aliphatic heterocycles. The molecule has 3 heteroatoms. The van der Waals surface area contributed by atoms with Gasteiger partial charge in [-0.1, -0.05) is 0 Å². The van der Waals surface area contributed by atoms with Gasteiger partial charge in [0, 0.05) is 0 Å². The van der Waals surface area contributed by atoms with Crippen LogP contribution in [0, 0.1) is 0 Å². The monoisotopic (exact) mass is 380 g/mol. The molecule has 0 radical (unpaired) electrons. The Hall–Kier alpha value is -1.99. The Labute approximate surface area is 163 Å². The first kappa shape index (κ1) is 19.8. The van der Waals surface area contributed by atoms with Gasteiger partial charge < -0.3 is 0 Å². The Morgan fingerprint density at radius 2 is 0.741 bits per heavy atom. The quantitative estimate of drug-likeness (QED) is 0.525. The first-order valence-electron chi connectivity index (χ1n) is 9.55. The molecule has 0 fully saturated rings. The summed E-state index contributed by atoms with van der Waals surface area (Å²) in [6.45, 7) is 8.33. The second-order valence-corrected chi connectivity index (χ2v) is 11.2. The molecule has 0 saturated heterocycles. The zero-order valence-electron chi connectivity index (χ0n) is 16.6. The third kappa shape index (κ3) is 3.46. The molecule has 0 bridgehead atoms. The molecule has 3 aromatic rings. The van der Waals surface area contributed by atoms with E-state index in [1.807, 2.05) is 18.2 Å². The van der Waals surface area contributed by atoms with Crippen LogP contribution in [0.3, 0.4) is 0 Å². The minimum atomic E-state index is -3.62. The fourth-order valence-corrected chi connectivity index (χ4v) is 9.16. The summed E-state index contributed by atoms with van der Waals surface area (Å²) in [5, 5.41) is 3.26. The maximum absolute atomic E-state index is 7.00. The van der Waals surface area contributed by atoms with Gasteiger partial charge in [0.1, 0.15) is 0 Å². The molecule has 3 rings (SSSR count). The standard InChI is InChI=1S/C24H29O2P/c1-20(2)25-27(26-21(3)4,22-14-8-5-9-15-22,23-16-10-6-11-17-23)24-18-12-7-13-19-24/h5-21H,1-4H3. The van der Waals surface area contributed by atoms with Crippen LogP contribution in [-0.4, -0.2) is 12.2 Å². The van der Waals surface area contributed by atoms with Crippen LogP contribution in [0.5, 0.6) is 0 Å². The first-order valence-corrected chi connectivity index (χ1v) is 11.6. The van der Waals surface area contributed by atoms with Crippen molar-refractivity contribution in [1.29, 1.82) is 0 Å². The van der Waals surface area contributed by atoms with Crippen LogP contribution >= 0.6 is 7.06 Å². The minimum absolute atomic E-state index is 0.0120. The van der Waals surface area contributed by atoms with Gasteiger partial charge >= 0.3 is 163 Å². The molecule has 0 heterocycles. The summed E-state index contributed by atoms with van der Waals surface area (Å²) in [4.78, 5) is 0. The van der Waals surface area contributed by atoms with E-state index in [4.69, 9.17) is 9.05 Å². The van der Waals surface area contributed by atoms with Crippen LogP contribution in [0.4, 0.5) is 0 Å². The van der Waals surface area contributed by atoms with Crippen molar-refractivity contribution in [1.82, 2.24) is 0 Å². The fraction of sp³-hybridized carbons (Fsp3) is 0.250. The van der Waals surface area contributed by atoms with Crippen molar-refractivity contribution in [2.45, 2.75) is 39.9 Å². The SMILES string of the molecule is CC(C)OP(OC(C)C)(c1ccccc1)(c1ccccc1)c1ccccc1. The molecule has 0 aliphatic carbocycles. The molecule has 3 aromatic carbocycles. The van der Waals surface area contributed by atoms with Gasteiger partial charge in [-0.3, -0.25) is 0 Å². The van der Waals surface area contributed by atoms with Crippen molar-refractivity contribution >= 4 is 23.0 Å². The van der Waals surface area contributed by atoms with Crippen LogP contribution in [0.2, 0.25) is 0 Å². The van der Waals surface area contributed by atoms with E-state index in [1.54, 1.807) is 0 Å². The molecule has 0 aromatic heterocycles. The topological polar surface area (TPSA) is 18.5 Å². The predicted molar refractivity (Wildman–Crippen MR) is 118 cm³/mol. The molecule has 0 saturated carbocycles. The van der Waals surface area contributed by atoms with E-state index in [1.165, 1.54) is 0 Å². The van der Waals surface area contributed by atoms with E-state index in [0.717, 1.165) is 15.9 Å². The summed E-state index contributed by atoms with van der Waals surface area (Å²) in [6, 6.07) is 31.4. The zero-order valence-corrected chi connectivity index (χ0v) is 17.5. The maximum atomic E-state index is 7.00. The Bertz CT molecular complexity index is 732. The Morgan fingerprint density at radius 3 is 0.963 bits per heavy atom. The van der Waals surface area contributed by atoms with Gasteiger partial charge in [-0.15, -0.1) is 0 Å². The van der Waals surface area contributed by atoms with Crippen molar-refractivity contribution in [2.24, 2.45) is 0 Å². The van der Waals surface area contributed by atoms with Crippen molar-refractivity contribution in [2.75, 3.05) is 0 Å². The average Bonchev–Trinajstić information content (AvgIpc) is 2.69. The molecule has 0 spiro atoms. The second-order valence-electron chi connectivity index (χ2n) is 7.27. The van der Waals surface area contributed by atoms with Crippen molar-refractivity contribution in [3.05, 3.63) is 91.0 Å². The Kier molecular flexibility index (Phi) is 5.81. The molecule has 0 aliphatic rings. The van der Waals surface area contributed by atoms with Gasteiger partial charge in [0.2, 0.25) is 0 Å². The number of rotatable bonds is 7. The van der Waals surface area contributed by atoms with Gasteiger partial charge in [0.15, 0.2) is 0 Å². The zero-order chi connectivity index (χ0) is 19.4. The second kappa shape index (κ2) is 7.94. The molecule has 27 heavy (non-hydrogen) atoms. The molecule has 2 nitrogen and oxygen atoms in total. The first-order chi connectivity index (χ1) is 13.0. The van der Waals surface area contributed by atoms with Crippen LogP contribution in [0.15, 0.2) is 91.0 Å². The Morgan fingerprint density at radius 1 is 0.481 bits per heavy atom. The summed E-state index contributed by atoms with van der Waals surface area (Å²) < 4.78 is 14.0. The van der Waals surface area contributed by atoms with Crippen LogP contribution in [-0.2, 0) is 9.05 Å². The van der Waals surface area contributed by atoms with Crippen molar-refractivity contribution in [3.63, 3.8) is 0 Å². The molecular weight excluding hydrogens is 351 g/mol. The van der Waals surface area contributed by atoms with Gasteiger partial charge in [-0.2, -0.15) is 0 Å². The third-order valence-electron chi connectivity index (χ3n) is 4.50. The summed E-state index contributed by atoms with van der Waals surface area (Å²) in [5.74, 6) is 0. The predicted octanol–water partition coefficient (Wildman–Crippen LogP) is 5.20. The van der Waals surface area contributed by atoms with E-state index < -0.39 is 7.06 Å². The molecule has 0 atom stereocenters. The van der Waals surface area contributed by atoms with Gasteiger partial charge in [0.25, 0.3) is 0 Å². The van der Waals surface area contributed by atoms with Crippen LogP contribution in [0.1, 0.15) is 27.7 Å². The summed E-state index contributed by atoms with van der Waals surface area (Å²) in [5.41, 5.74) is 0. The van der Waals surface area contributed by atoms with Gasteiger partial charge in [-0.25, -0.2) is 0 Å². The molecule has 0 amide bonds.